The fraction of sp³-hybridized carbons (Fsp3) is 0.214. The number of carbonyl (C=O) groups excluding carboxylic acids is 1. The molecule has 1 amide bonds. The molecule has 0 saturated carbocycles. The minimum atomic E-state index is -0.145. The number of thiocarbonyl (C=S) groups is 1. The average molecular weight is 497 g/mol. The van der Waals surface area contributed by atoms with Crippen LogP contribution < -0.4 is 15.5 Å². The SMILES string of the molecule is CC(=O)Nc1ccc(N2C(=S)N[C@@H](c3ccccn3)[C@H]2c2cc(C)n(-c3cc(C)ccn3)c2C)cc1. The van der Waals surface area contributed by atoms with Gasteiger partial charge < -0.3 is 20.1 Å². The van der Waals surface area contributed by atoms with Crippen molar-refractivity contribution in [3.63, 3.8) is 0 Å². The summed E-state index contributed by atoms with van der Waals surface area (Å²) < 4.78 is 2.19. The van der Waals surface area contributed by atoms with E-state index >= 15 is 0 Å². The van der Waals surface area contributed by atoms with Crippen LogP contribution in [0.5, 0.6) is 0 Å². The number of pyridine rings is 2. The lowest BCUT2D eigenvalue weighted by atomic mass is 9.96. The fourth-order valence-electron chi connectivity index (χ4n) is 4.94. The van der Waals surface area contributed by atoms with Gasteiger partial charge in [-0.25, -0.2) is 4.98 Å². The van der Waals surface area contributed by atoms with E-state index < -0.39 is 0 Å². The van der Waals surface area contributed by atoms with Gasteiger partial charge in [0.05, 0.1) is 17.8 Å². The minimum Gasteiger partial charge on any atom is -0.351 e. The van der Waals surface area contributed by atoms with Gasteiger partial charge >= 0.3 is 0 Å². The molecular formula is C28H28N6OS. The summed E-state index contributed by atoms with van der Waals surface area (Å²) in [5.41, 5.74) is 7.09. The van der Waals surface area contributed by atoms with Crippen molar-refractivity contribution in [2.75, 3.05) is 10.2 Å². The molecule has 5 rings (SSSR count). The molecule has 1 aliphatic heterocycles. The van der Waals surface area contributed by atoms with Gasteiger partial charge in [-0.2, -0.15) is 0 Å². The summed E-state index contributed by atoms with van der Waals surface area (Å²) >= 11 is 5.87. The second-order valence-corrected chi connectivity index (χ2v) is 9.46. The minimum absolute atomic E-state index is 0.105. The van der Waals surface area contributed by atoms with Gasteiger partial charge in [0.25, 0.3) is 0 Å². The Morgan fingerprint density at radius 3 is 2.44 bits per heavy atom. The first-order valence-electron chi connectivity index (χ1n) is 11.8. The van der Waals surface area contributed by atoms with Crippen molar-refractivity contribution >= 4 is 34.6 Å². The van der Waals surface area contributed by atoms with E-state index in [4.69, 9.17) is 12.2 Å². The molecule has 1 saturated heterocycles. The van der Waals surface area contributed by atoms with E-state index in [1.54, 1.807) is 0 Å². The lowest BCUT2D eigenvalue weighted by Crippen LogP contribution is -2.29. The molecule has 8 heteroatoms. The topological polar surface area (TPSA) is 75.1 Å². The number of benzene rings is 1. The second kappa shape index (κ2) is 9.54. The zero-order valence-corrected chi connectivity index (χ0v) is 21.5. The Morgan fingerprint density at radius 1 is 1.00 bits per heavy atom. The van der Waals surface area contributed by atoms with Crippen LogP contribution in [-0.4, -0.2) is 25.6 Å². The number of nitrogens with one attached hydrogen (secondary N) is 2. The van der Waals surface area contributed by atoms with Gasteiger partial charge in [-0.05, 0) is 98.7 Å². The highest BCUT2D eigenvalue weighted by Crippen LogP contribution is 2.43. The van der Waals surface area contributed by atoms with Crippen molar-refractivity contribution in [3.05, 3.63) is 101 Å². The number of hydrogen-bond acceptors (Lipinski definition) is 4. The van der Waals surface area contributed by atoms with Crippen LogP contribution in [0, 0.1) is 20.8 Å². The van der Waals surface area contributed by atoms with Crippen LogP contribution in [-0.2, 0) is 4.79 Å². The molecule has 0 aliphatic carbocycles. The monoisotopic (exact) mass is 496 g/mol. The first kappa shape index (κ1) is 23.7. The first-order chi connectivity index (χ1) is 17.3. The Labute approximate surface area is 216 Å². The predicted molar refractivity (Wildman–Crippen MR) is 146 cm³/mol. The highest BCUT2D eigenvalue weighted by atomic mass is 32.1. The van der Waals surface area contributed by atoms with E-state index in [0.717, 1.165) is 45.4 Å². The molecule has 1 aromatic carbocycles. The van der Waals surface area contributed by atoms with Crippen LogP contribution in [0.4, 0.5) is 11.4 Å². The summed E-state index contributed by atoms with van der Waals surface area (Å²) in [6, 6.07) is 19.7. The molecule has 182 valence electrons. The standard InChI is InChI=1S/C28H28N6OS/c1-17-12-14-30-25(15-17)33-18(2)16-23(19(33)3)27-26(24-7-5-6-13-29-24)32-28(36)34(27)22-10-8-21(9-11-22)31-20(4)35/h5-16,26-27H,1-4H3,(H,31,35)(H,32,36)/t26-,27+/m0/s1. The third-order valence-corrected chi connectivity index (χ3v) is 6.80. The third kappa shape index (κ3) is 4.35. The zero-order chi connectivity index (χ0) is 25.4. The van der Waals surface area contributed by atoms with Crippen LogP contribution in [0.25, 0.3) is 5.82 Å². The highest BCUT2D eigenvalue weighted by Gasteiger charge is 2.42. The molecule has 1 aliphatic rings. The lowest BCUT2D eigenvalue weighted by molar-refractivity contribution is -0.114. The quantitative estimate of drug-likeness (QED) is 0.364. The summed E-state index contributed by atoms with van der Waals surface area (Å²) in [4.78, 5) is 22.9. The Morgan fingerprint density at radius 2 is 1.78 bits per heavy atom. The van der Waals surface area contributed by atoms with Crippen molar-refractivity contribution in [1.29, 1.82) is 0 Å². The number of aryl methyl sites for hydroxylation is 2. The largest absolute Gasteiger partial charge is 0.351 e. The normalized spacial score (nSPS) is 17.2. The molecule has 36 heavy (non-hydrogen) atoms. The van der Waals surface area contributed by atoms with E-state index in [2.05, 4.69) is 63.0 Å². The molecule has 2 N–H and O–H groups in total. The molecule has 0 radical (unpaired) electrons. The van der Waals surface area contributed by atoms with Gasteiger partial charge in [-0.15, -0.1) is 0 Å². The molecule has 0 spiro atoms. The molecule has 4 heterocycles. The number of carbonyl (C=O) groups is 1. The summed E-state index contributed by atoms with van der Waals surface area (Å²) in [5.74, 6) is 0.789. The Balaban J connectivity index is 1.63. The van der Waals surface area contributed by atoms with Gasteiger partial charge in [-0.3, -0.25) is 9.78 Å². The fourth-order valence-corrected chi connectivity index (χ4v) is 5.29. The number of amides is 1. The number of nitrogens with zero attached hydrogens (tertiary/aromatic N) is 4. The summed E-state index contributed by atoms with van der Waals surface area (Å²) in [6.45, 7) is 7.80. The molecule has 2 atom stereocenters. The van der Waals surface area contributed by atoms with E-state index in [9.17, 15) is 4.79 Å². The van der Waals surface area contributed by atoms with Crippen LogP contribution in [0.2, 0.25) is 0 Å². The Kier molecular flexibility index (Phi) is 6.28. The van der Waals surface area contributed by atoms with E-state index in [1.807, 2.05) is 60.9 Å². The maximum absolute atomic E-state index is 11.5. The highest BCUT2D eigenvalue weighted by molar-refractivity contribution is 7.80. The summed E-state index contributed by atoms with van der Waals surface area (Å²) in [6.07, 6.45) is 3.65. The van der Waals surface area contributed by atoms with Crippen molar-refractivity contribution in [1.82, 2.24) is 19.9 Å². The first-order valence-corrected chi connectivity index (χ1v) is 12.2. The van der Waals surface area contributed by atoms with Gasteiger partial charge in [0.2, 0.25) is 5.91 Å². The van der Waals surface area contributed by atoms with Crippen molar-refractivity contribution in [3.8, 4) is 5.82 Å². The molecule has 4 aromatic rings. The molecule has 3 aromatic heterocycles. The second-order valence-electron chi connectivity index (χ2n) is 9.08. The molecular weight excluding hydrogens is 468 g/mol. The lowest BCUT2D eigenvalue weighted by Gasteiger charge is -2.28. The zero-order valence-electron chi connectivity index (χ0n) is 20.7. The maximum Gasteiger partial charge on any atom is 0.221 e. The van der Waals surface area contributed by atoms with Crippen LogP contribution in [0.3, 0.4) is 0 Å². The Bertz CT molecular complexity index is 1430. The van der Waals surface area contributed by atoms with Gasteiger partial charge in [0, 0.05) is 42.1 Å². The van der Waals surface area contributed by atoms with Crippen LogP contribution in [0.1, 0.15) is 47.2 Å². The molecule has 1 fully saturated rings. The van der Waals surface area contributed by atoms with Crippen molar-refractivity contribution < 1.29 is 4.79 Å². The van der Waals surface area contributed by atoms with Crippen molar-refractivity contribution in [2.24, 2.45) is 0 Å². The maximum atomic E-state index is 11.5. The molecule has 7 nitrogen and oxygen atoms in total. The van der Waals surface area contributed by atoms with Gasteiger partial charge in [-0.1, -0.05) is 6.07 Å². The van der Waals surface area contributed by atoms with E-state index in [1.165, 1.54) is 6.92 Å². The third-order valence-electron chi connectivity index (χ3n) is 6.48. The average Bonchev–Trinajstić information content (AvgIpc) is 3.35. The number of rotatable bonds is 5. The molecule has 0 bridgehead atoms. The number of aromatic nitrogens is 3. The van der Waals surface area contributed by atoms with Crippen LogP contribution in [0.15, 0.2) is 73.1 Å². The molecule has 0 unspecified atom stereocenters. The predicted octanol–water partition coefficient (Wildman–Crippen LogP) is 5.33. The summed E-state index contributed by atoms with van der Waals surface area (Å²) in [5, 5.41) is 6.97. The number of anilines is 2. The number of hydrogen-bond donors (Lipinski definition) is 2. The van der Waals surface area contributed by atoms with Gasteiger partial charge in [0.15, 0.2) is 5.11 Å². The van der Waals surface area contributed by atoms with E-state index in [-0.39, 0.29) is 18.0 Å². The summed E-state index contributed by atoms with van der Waals surface area (Å²) in [7, 11) is 0. The smallest absolute Gasteiger partial charge is 0.221 e. The van der Waals surface area contributed by atoms with E-state index in [0.29, 0.717) is 5.11 Å². The van der Waals surface area contributed by atoms with Gasteiger partial charge in [0.1, 0.15) is 5.82 Å². The Hall–Kier alpha value is -4.04. The van der Waals surface area contributed by atoms with Crippen LogP contribution >= 0.6 is 12.2 Å². The van der Waals surface area contributed by atoms with Crippen molar-refractivity contribution in [2.45, 2.75) is 39.8 Å².